The fraction of sp³-hybridized carbons (Fsp3) is 0.455. The van der Waals surface area contributed by atoms with Crippen molar-refractivity contribution in [3.05, 3.63) is 65.7 Å². The van der Waals surface area contributed by atoms with Gasteiger partial charge in [-0.25, -0.2) is 0 Å². The number of thioether (sulfide) groups is 1. The molecule has 0 radical (unpaired) electrons. The lowest BCUT2D eigenvalue weighted by Gasteiger charge is -2.34. The Morgan fingerprint density at radius 2 is 1.64 bits per heavy atom. The molecule has 0 aromatic heterocycles. The van der Waals surface area contributed by atoms with Crippen molar-refractivity contribution in [2.45, 2.75) is 43.8 Å². The van der Waals surface area contributed by atoms with E-state index in [-0.39, 0.29) is 0 Å². The van der Waals surface area contributed by atoms with Gasteiger partial charge in [0.2, 0.25) is 0 Å². The first-order valence-electron chi connectivity index (χ1n) is 9.63. The lowest BCUT2D eigenvalue weighted by atomic mass is 10.0. The zero-order valence-electron chi connectivity index (χ0n) is 15.6. The van der Waals surface area contributed by atoms with Gasteiger partial charge in [-0.05, 0) is 25.3 Å². The van der Waals surface area contributed by atoms with Crippen LogP contribution in [-0.2, 0) is 13.1 Å². The van der Waals surface area contributed by atoms with Gasteiger partial charge in [0, 0.05) is 28.9 Å². The summed E-state index contributed by atoms with van der Waals surface area (Å²) in [5, 5.41) is 0. The number of hydrogen-bond acceptors (Lipinski definition) is 1. The molecule has 25 heavy (non-hydrogen) atoms. The molecule has 134 valence electrons. The Kier molecular flexibility index (Phi) is 6.97. The zero-order valence-corrected chi connectivity index (χ0v) is 16.4. The summed E-state index contributed by atoms with van der Waals surface area (Å²) in [5.41, 5.74) is 2.96. The van der Waals surface area contributed by atoms with Gasteiger partial charge in [-0.15, -0.1) is 11.8 Å². The van der Waals surface area contributed by atoms with Gasteiger partial charge in [0.25, 0.3) is 0 Å². The largest absolute Gasteiger partial charge is 0.331 e. The first-order valence-corrected chi connectivity index (χ1v) is 10.9. The highest BCUT2D eigenvalue weighted by Crippen LogP contribution is 2.14. The predicted octanol–water partition coefficient (Wildman–Crippen LogP) is 2.06. The summed E-state index contributed by atoms with van der Waals surface area (Å²) in [5.74, 6) is 0. The van der Waals surface area contributed by atoms with Crippen molar-refractivity contribution >= 4 is 11.8 Å². The average molecular weight is 357 g/mol. The molecule has 0 saturated carbocycles. The summed E-state index contributed by atoms with van der Waals surface area (Å²) in [6, 6.07) is 21.0. The molecule has 1 atom stereocenters. The molecule has 1 aliphatic heterocycles. The maximum atomic E-state index is 2.34. The molecule has 0 spiro atoms. The molecular weight excluding hydrogens is 324 g/mol. The fourth-order valence-electron chi connectivity index (χ4n) is 4.06. The van der Waals surface area contributed by atoms with E-state index in [1.165, 1.54) is 61.6 Å². The standard InChI is InChI=1S/C22H30N2S/c1-3-24(18-19-7-5-4-6-8-19)21-13-15-23(16-14-21)17-20-9-11-22(25-2)12-10-20/h4-12,21H,3,13-18H2,1-2H3/p+2. The van der Waals surface area contributed by atoms with E-state index in [0.717, 1.165) is 6.04 Å². The Balaban J connectivity index is 1.49. The number of quaternary nitrogens is 2. The summed E-state index contributed by atoms with van der Waals surface area (Å²) in [7, 11) is 0. The minimum atomic E-state index is 0.827. The van der Waals surface area contributed by atoms with Gasteiger partial charge in [0.05, 0.1) is 25.7 Å². The van der Waals surface area contributed by atoms with Crippen molar-refractivity contribution < 1.29 is 9.80 Å². The lowest BCUT2D eigenvalue weighted by Crippen LogP contribution is -3.19. The summed E-state index contributed by atoms with van der Waals surface area (Å²) in [6.45, 7) is 8.55. The zero-order chi connectivity index (χ0) is 17.5. The van der Waals surface area contributed by atoms with E-state index in [0.29, 0.717) is 0 Å². The minimum absolute atomic E-state index is 0.827. The molecule has 2 N–H and O–H groups in total. The first kappa shape index (κ1) is 18.5. The molecule has 2 aromatic rings. The average Bonchev–Trinajstić information content (AvgIpc) is 2.68. The van der Waals surface area contributed by atoms with E-state index >= 15 is 0 Å². The molecular formula is C22H32N2S+2. The quantitative estimate of drug-likeness (QED) is 0.722. The molecule has 1 saturated heterocycles. The van der Waals surface area contributed by atoms with Crippen LogP contribution in [0.4, 0.5) is 0 Å². The van der Waals surface area contributed by atoms with Crippen LogP contribution >= 0.6 is 11.8 Å². The van der Waals surface area contributed by atoms with E-state index in [1.807, 2.05) is 11.8 Å². The Hall–Kier alpha value is -1.29. The Morgan fingerprint density at radius 3 is 2.24 bits per heavy atom. The number of benzene rings is 2. The first-order chi connectivity index (χ1) is 12.3. The maximum absolute atomic E-state index is 2.34. The summed E-state index contributed by atoms with van der Waals surface area (Å²) in [4.78, 5) is 4.87. The Morgan fingerprint density at radius 1 is 0.960 bits per heavy atom. The molecule has 1 heterocycles. The van der Waals surface area contributed by atoms with E-state index < -0.39 is 0 Å². The third-order valence-electron chi connectivity index (χ3n) is 5.61. The van der Waals surface area contributed by atoms with Crippen LogP contribution in [0.1, 0.15) is 30.9 Å². The van der Waals surface area contributed by atoms with Gasteiger partial charge in [0.15, 0.2) is 0 Å². The van der Waals surface area contributed by atoms with Gasteiger partial charge in [-0.3, -0.25) is 0 Å². The van der Waals surface area contributed by atoms with Crippen molar-refractivity contribution in [3.8, 4) is 0 Å². The number of piperidine rings is 1. The second kappa shape index (κ2) is 9.42. The summed E-state index contributed by atoms with van der Waals surface area (Å²) < 4.78 is 0. The van der Waals surface area contributed by atoms with Gasteiger partial charge >= 0.3 is 0 Å². The third-order valence-corrected chi connectivity index (χ3v) is 6.35. The highest BCUT2D eigenvalue weighted by Gasteiger charge is 2.29. The number of nitrogens with one attached hydrogen (secondary N) is 2. The van der Waals surface area contributed by atoms with Crippen molar-refractivity contribution in [3.63, 3.8) is 0 Å². The van der Waals surface area contributed by atoms with E-state index in [9.17, 15) is 0 Å². The van der Waals surface area contributed by atoms with Crippen molar-refractivity contribution in [2.24, 2.45) is 0 Å². The molecule has 3 rings (SSSR count). The SMILES string of the molecule is CC[NH+](Cc1ccccc1)C1CC[NH+](Cc2ccc(SC)cc2)CC1. The second-order valence-electron chi connectivity index (χ2n) is 7.22. The van der Waals surface area contributed by atoms with Crippen LogP contribution in [0.25, 0.3) is 0 Å². The predicted molar refractivity (Wildman–Crippen MR) is 107 cm³/mol. The van der Waals surface area contributed by atoms with Gasteiger partial charge in [-0.2, -0.15) is 0 Å². The molecule has 0 aliphatic carbocycles. The summed E-state index contributed by atoms with van der Waals surface area (Å²) >= 11 is 1.82. The Labute approximate surface area is 157 Å². The molecule has 3 heteroatoms. The molecule has 1 fully saturated rings. The van der Waals surface area contributed by atoms with Crippen LogP contribution in [0.3, 0.4) is 0 Å². The van der Waals surface area contributed by atoms with Crippen molar-refractivity contribution in [1.29, 1.82) is 0 Å². The van der Waals surface area contributed by atoms with Crippen molar-refractivity contribution in [1.82, 2.24) is 0 Å². The highest BCUT2D eigenvalue weighted by atomic mass is 32.2. The van der Waals surface area contributed by atoms with Crippen LogP contribution in [0.15, 0.2) is 59.5 Å². The number of hydrogen-bond donors (Lipinski definition) is 2. The highest BCUT2D eigenvalue weighted by molar-refractivity contribution is 7.98. The van der Waals surface area contributed by atoms with Crippen molar-refractivity contribution in [2.75, 3.05) is 25.9 Å². The molecule has 0 amide bonds. The number of rotatable bonds is 7. The van der Waals surface area contributed by atoms with Gasteiger partial charge in [0.1, 0.15) is 13.1 Å². The smallest absolute Gasteiger partial charge is 0.103 e. The number of likely N-dealkylation sites (tertiary alicyclic amines) is 1. The second-order valence-corrected chi connectivity index (χ2v) is 8.10. The van der Waals surface area contributed by atoms with Crippen LogP contribution in [-0.4, -0.2) is 31.9 Å². The summed E-state index contributed by atoms with van der Waals surface area (Å²) in [6.07, 6.45) is 4.85. The minimum Gasteiger partial charge on any atom is -0.331 e. The lowest BCUT2D eigenvalue weighted by molar-refractivity contribution is -0.969. The van der Waals surface area contributed by atoms with Gasteiger partial charge in [-0.1, -0.05) is 42.5 Å². The molecule has 1 unspecified atom stereocenters. The molecule has 2 aromatic carbocycles. The van der Waals surface area contributed by atoms with Crippen LogP contribution in [0.5, 0.6) is 0 Å². The third kappa shape index (κ3) is 5.34. The topological polar surface area (TPSA) is 8.88 Å². The van der Waals surface area contributed by atoms with Crippen LogP contribution < -0.4 is 9.80 Å². The molecule has 0 bridgehead atoms. The van der Waals surface area contributed by atoms with E-state index in [1.54, 1.807) is 9.80 Å². The van der Waals surface area contributed by atoms with E-state index in [4.69, 9.17) is 0 Å². The Bertz CT molecular complexity index is 618. The van der Waals surface area contributed by atoms with Crippen LogP contribution in [0.2, 0.25) is 0 Å². The molecule has 1 aliphatic rings. The van der Waals surface area contributed by atoms with Gasteiger partial charge < -0.3 is 9.80 Å². The maximum Gasteiger partial charge on any atom is 0.103 e. The van der Waals surface area contributed by atoms with E-state index in [2.05, 4.69) is 67.8 Å². The normalized spacial score (nSPS) is 21.8. The monoisotopic (exact) mass is 356 g/mol. The van der Waals surface area contributed by atoms with Crippen LogP contribution in [0, 0.1) is 0 Å². The fourth-order valence-corrected chi connectivity index (χ4v) is 4.47. The molecule has 2 nitrogen and oxygen atoms in total.